The number of ether oxygens (including phenoxy) is 1. The number of hydrogen-bond donors (Lipinski definition) is 1. The number of benzene rings is 1. The van der Waals surface area contributed by atoms with Crippen LogP contribution in [0.3, 0.4) is 0 Å². The molecule has 16 heavy (non-hydrogen) atoms. The molecule has 0 unspecified atom stereocenters. The molecule has 1 aromatic rings. The summed E-state index contributed by atoms with van der Waals surface area (Å²) in [5.74, 6) is 0.358. The average Bonchev–Trinajstić information content (AvgIpc) is 2.79. The lowest BCUT2D eigenvalue weighted by atomic mass is 10.1. The predicted octanol–water partition coefficient (Wildman–Crippen LogP) is 1.72. The van der Waals surface area contributed by atoms with Gasteiger partial charge in [0.25, 0.3) is 0 Å². The van der Waals surface area contributed by atoms with Crippen LogP contribution in [0.1, 0.15) is 29.6 Å². The summed E-state index contributed by atoms with van der Waals surface area (Å²) in [6.45, 7) is 0. The molecule has 3 heteroatoms. The largest absolute Gasteiger partial charge is 0.459 e. The Kier molecular flexibility index (Phi) is 2.04. The fraction of sp³-hybridized carbons (Fsp3) is 0.462. The fourth-order valence-corrected chi connectivity index (χ4v) is 2.68. The minimum atomic E-state index is -0.226. The van der Waals surface area contributed by atoms with Gasteiger partial charge in [0.2, 0.25) is 0 Å². The van der Waals surface area contributed by atoms with Gasteiger partial charge in [-0.2, -0.15) is 0 Å². The fourth-order valence-electron chi connectivity index (χ4n) is 2.68. The van der Waals surface area contributed by atoms with Gasteiger partial charge in [-0.15, -0.1) is 0 Å². The van der Waals surface area contributed by atoms with Gasteiger partial charge in [0, 0.05) is 12.0 Å². The monoisotopic (exact) mass is 217 g/mol. The van der Waals surface area contributed by atoms with E-state index in [1.54, 1.807) is 12.1 Å². The van der Waals surface area contributed by atoms with E-state index >= 15 is 0 Å². The summed E-state index contributed by atoms with van der Waals surface area (Å²) in [6.07, 6.45) is 2.90. The van der Waals surface area contributed by atoms with Crippen LogP contribution in [-0.2, 0) is 4.74 Å². The van der Waals surface area contributed by atoms with Crippen molar-refractivity contribution in [2.75, 3.05) is 0 Å². The number of hydrogen-bond acceptors (Lipinski definition) is 3. The molecule has 0 aliphatic heterocycles. The van der Waals surface area contributed by atoms with Crippen molar-refractivity contribution in [3.05, 3.63) is 35.9 Å². The van der Waals surface area contributed by atoms with Gasteiger partial charge in [-0.3, -0.25) is 0 Å². The molecule has 0 spiro atoms. The van der Waals surface area contributed by atoms with Gasteiger partial charge in [0.1, 0.15) is 6.10 Å². The molecule has 84 valence electrons. The SMILES string of the molecule is N[C@]12C[C@H](OC(=O)c3ccccc3)C[C@H]1C2. The van der Waals surface area contributed by atoms with Crippen LogP contribution in [0.25, 0.3) is 0 Å². The van der Waals surface area contributed by atoms with Gasteiger partial charge >= 0.3 is 5.97 Å². The van der Waals surface area contributed by atoms with Crippen LogP contribution in [-0.4, -0.2) is 17.6 Å². The molecule has 0 radical (unpaired) electrons. The number of carbonyl (C=O) groups is 1. The van der Waals surface area contributed by atoms with Gasteiger partial charge in [0.15, 0.2) is 0 Å². The molecule has 2 N–H and O–H groups in total. The predicted molar refractivity (Wildman–Crippen MR) is 59.9 cm³/mol. The lowest BCUT2D eigenvalue weighted by Gasteiger charge is -2.14. The topological polar surface area (TPSA) is 52.3 Å². The summed E-state index contributed by atoms with van der Waals surface area (Å²) < 4.78 is 5.44. The lowest BCUT2D eigenvalue weighted by molar-refractivity contribution is 0.0288. The first-order valence-corrected chi connectivity index (χ1v) is 5.72. The summed E-state index contributed by atoms with van der Waals surface area (Å²) in [7, 11) is 0. The molecule has 0 aromatic heterocycles. The Morgan fingerprint density at radius 1 is 1.31 bits per heavy atom. The second kappa shape index (κ2) is 3.32. The molecule has 3 nitrogen and oxygen atoms in total. The number of fused-ring (bicyclic) bond motifs is 1. The number of rotatable bonds is 2. The number of nitrogens with two attached hydrogens (primary N) is 1. The van der Waals surface area contributed by atoms with Crippen LogP contribution in [0.2, 0.25) is 0 Å². The normalized spacial score (nSPS) is 35.6. The van der Waals surface area contributed by atoms with Crippen molar-refractivity contribution in [1.29, 1.82) is 0 Å². The Hall–Kier alpha value is -1.35. The third-order valence-electron chi connectivity index (χ3n) is 3.72. The van der Waals surface area contributed by atoms with E-state index in [-0.39, 0.29) is 17.6 Å². The van der Waals surface area contributed by atoms with Gasteiger partial charge in [-0.05, 0) is 30.9 Å². The van der Waals surface area contributed by atoms with E-state index in [0.717, 1.165) is 19.3 Å². The maximum absolute atomic E-state index is 11.8. The molecule has 2 aliphatic rings. The average molecular weight is 217 g/mol. The smallest absolute Gasteiger partial charge is 0.338 e. The minimum absolute atomic E-state index is 0.0123. The quantitative estimate of drug-likeness (QED) is 0.767. The summed E-state index contributed by atoms with van der Waals surface area (Å²) in [5.41, 5.74) is 6.67. The van der Waals surface area contributed by atoms with E-state index in [0.29, 0.717) is 11.5 Å². The van der Waals surface area contributed by atoms with Gasteiger partial charge in [-0.25, -0.2) is 4.79 Å². The second-order valence-corrected chi connectivity index (χ2v) is 4.97. The number of esters is 1. The lowest BCUT2D eigenvalue weighted by Crippen LogP contribution is -2.25. The van der Waals surface area contributed by atoms with Crippen LogP contribution < -0.4 is 5.73 Å². The van der Waals surface area contributed by atoms with E-state index < -0.39 is 0 Å². The molecule has 0 saturated heterocycles. The third-order valence-corrected chi connectivity index (χ3v) is 3.72. The first kappa shape index (κ1) is 9.85. The summed E-state index contributed by atoms with van der Waals surface area (Å²) in [6, 6.07) is 9.11. The zero-order valence-electron chi connectivity index (χ0n) is 9.06. The molecular formula is C13H15NO2. The van der Waals surface area contributed by atoms with E-state index in [9.17, 15) is 4.79 Å². The molecular weight excluding hydrogens is 202 g/mol. The Bertz CT molecular complexity index is 417. The summed E-state index contributed by atoms with van der Waals surface area (Å²) >= 11 is 0. The molecule has 0 amide bonds. The first-order chi connectivity index (χ1) is 7.67. The third kappa shape index (κ3) is 1.61. The Labute approximate surface area is 94.6 Å². The van der Waals surface area contributed by atoms with Crippen LogP contribution >= 0.6 is 0 Å². The van der Waals surface area contributed by atoms with Crippen LogP contribution in [0.5, 0.6) is 0 Å². The van der Waals surface area contributed by atoms with Crippen molar-refractivity contribution in [3.63, 3.8) is 0 Å². The Balaban J connectivity index is 1.62. The molecule has 0 heterocycles. The standard InChI is InChI=1S/C13H15NO2/c14-13-7-10(13)6-11(8-13)16-12(15)9-4-2-1-3-5-9/h1-5,10-11H,6-8,14H2/t10-,11+,13+/m0/s1. The highest BCUT2D eigenvalue weighted by atomic mass is 16.5. The summed E-state index contributed by atoms with van der Waals surface area (Å²) in [5, 5.41) is 0. The first-order valence-electron chi connectivity index (χ1n) is 5.72. The van der Waals surface area contributed by atoms with Crippen molar-refractivity contribution >= 4 is 5.97 Å². The van der Waals surface area contributed by atoms with E-state index in [1.807, 2.05) is 18.2 Å². The molecule has 2 saturated carbocycles. The summed E-state index contributed by atoms with van der Waals surface area (Å²) in [4.78, 5) is 11.8. The maximum atomic E-state index is 11.8. The zero-order valence-corrected chi connectivity index (χ0v) is 9.06. The van der Waals surface area contributed by atoms with E-state index in [2.05, 4.69) is 0 Å². The van der Waals surface area contributed by atoms with Crippen molar-refractivity contribution in [2.24, 2.45) is 11.7 Å². The van der Waals surface area contributed by atoms with Crippen LogP contribution in [0.4, 0.5) is 0 Å². The second-order valence-electron chi connectivity index (χ2n) is 4.97. The van der Waals surface area contributed by atoms with E-state index in [4.69, 9.17) is 10.5 Å². The molecule has 0 bridgehead atoms. The van der Waals surface area contributed by atoms with Crippen molar-refractivity contribution in [2.45, 2.75) is 30.9 Å². The highest BCUT2D eigenvalue weighted by Crippen LogP contribution is 2.54. The van der Waals surface area contributed by atoms with Gasteiger partial charge in [-0.1, -0.05) is 18.2 Å². The Morgan fingerprint density at radius 2 is 2.06 bits per heavy atom. The molecule has 3 rings (SSSR count). The highest BCUT2D eigenvalue weighted by molar-refractivity contribution is 5.89. The molecule has 1 aromatic carbocycles. The van der Waals surface area contributed by atoms with E-state index in [1.165, 1.54) is 0 Å². The van der Waals surface area contributed by atoms with Gasteiger partial charge in [0.05, 0.1) is 5.56 Å². The van der Waals surface area contributed by atoms with Crippen LogP contribution in [0.15, 0.2) is 30.3 Å². The molecule has 2 fully saturated rings. The Morgan fingerprint density at radius 3 is 2.69 bits per heavy atom. The zero-order chi connectivity index (χ0) is 11.2. The highest BCUT2D eigenvalue weighted by Gasteiger charge is 2.58. The minimum Gasteiger partial charge on any atom is -0.459 e. The number of carbonyl (C=O) groups excluding carboxylic acids is 1. The molecule has 3 atom stereocenters. The van der Waals surface area contributed by atoms with Crippen molar-refractivity contribution in [1.82, 2.24) is 0 Å². The maximum Gasteiger partial charge on any atom is 0.338 e. The van der Waals surface area contributed by atoms with Gasteiger partial charge < -0.3 is 10.5 Å². The van der Waals surface area contributed by atoms with Crippen molar-refractivity contribution < 1.29 is 9.53 Å². The van der Waals surface area contributed by atoms with Crippen molar-refractivity contribution in [3.8, 4) is 0 Å². The molecule has 2 aliphatic carbocycles. The van der Waals surface area contributed by atoms with Crippen LogP contribution in [0, 0.1) is 5.92 Å².